The van der Waals surface area contributed by atoms with E-state index in [0.29, 0.717) is 5.56 Å². The van der Waals surface area contributed by atoms with Gasteiger partial charge in [0.2, 0.25) is 0 Å². The summed E-state index contributed by atoms with van der Waals surface area (Å²) in [4.78, 5) is 18.0. The minimum atomic E-state index is 0. The lowest BCUT2D eigenvalue weighted by Crippen LogP contribution is -1.90. The van der Waals surface area contributed by atoms with Crippen molar-refractivity contribution < 1.29 is 4.79 Å². The molecule has 4 heteroatoms. The molecule has 13 heavy (non-hydrogen) atoms. The third-order valence-electron chi connectivity index (χ3n) is 1.83. The molecule has 3 nitrogen and oxygen atoms in total. The van der Waals surface area contributed by atoms with E-state index in [1.807, 2.05) is 12.1 Å². The number of fused-ring (bicyclic) bond motifs is 1. The van der Waals surface area contributed by atoms with Crippen molar-refractivity contribution in [3.63, 3.8) is 0 Å². The van der Waals surface area contributed by atoms with Crippen LogP contribution in [0.5, 0.6) is 0 Å². The molecular weight excluding hydrogens is 188 g/mol. The number of nitrogens with zero attached hydrogens (tertiary/aromatic N) is 1. The van der Waals surface area contributed by atoms with Gasteiger partial charge in [0.25, 0.3) is 0 Å². The number of Topliss-reactive ketones (excluding diaryl/α,β-unsaturated/α-hetero) is 1. The van der Waals surface area contributed by atoms with Crippen molar-refractivity contribution in [1.29, 1.82) is 0 Å². The first-order valence-corrected chi connectivity index (χ1v) is 3.71. The minimum Gasteiger partial charge on any atom is -0.345 e. The number of nitrogens with one attached hydrogen (secondary N) is 1. The summed E-state index contributed by atoms with van der Waals surface area (Å²) < 4.78 is 0. The van der Waals surface area contributed by atoms with Gasteiger partial charge in [0.15, 0.2) is 5.78 Å². The summed E-state index contributed by atoms with van der Waals surface area (Å²) in [5.74, 6) is 0.0755. The number of carbonyl (C=O) groups is 1. The summed E-state index contributed by atoms with van der Waals surface area (Å²) in [6.07, 6.45) is 1.62. The predicted octanol–water partition coefficient (Wildman–Crippen LogP) is 2.19. The van der Waals surface area contributed by atoms with Gasteiger partial charge in [0.1, 0.15) is 0 Å². The molecule has 0 radical (unpaired) electrons. The first kappa shape index (κ1) is 9.74. The van der Waals surface area contributed by atoms with Crippen molar-refractivity contribution >= 4 is 29.2 Å². The van der Waals surface area contributed by atoms with Crippen LogP contribution in [0.25, 0.3) is 11.0 Å². The summed E-state index contributed by atoms with van der Waals surface area (Å²) in [7, 11) is 0. The molecule has 2 rings (SSSR count). The Morgan fingerprint density at radius 2 is 2.23 bits per heavy atom. The maximum Gasteiger partial charge on any atom is 0.159 e. The molecule has 0 aliphatic rings. The van der Waals surface area contributed by atoms with E-state index >= 15 is 0 Å². The lowest BCUT2D eigenvalue weighted by Gasteiger charge is -1.93. The second kappa shape index (κ2) is 3.58. The highest BCUT2D eigenvalue weighted by Gasteiger charge is 2.00. The van der Waals surface area contributed by atoms with Crippen LogP contribution in [0, 0.1) is 0 Å². The van der Waals surface area contributed by atoms with E-state index in [4.69, 9.17) is 0 Å². The highest BCUT2D eigenvalue weighted by atomic mass is 35.5. The fourth-order valence-electron chi connectivity index (χ4n) is 1.15. The van der Waals surface area contributed by atoms with Crippen LogP contribution in [0.2, 0.25) is 0 Å². The van der Waals surface area contributed by atoms with Crippen molar-refractivity contribution in [3.05, 3.63) is 30.1 Å². The lowest BCUT2D eigenvalue weighted by atomic mass is 10.1. The molecular formula is C9H9ClN2O. The number of rotatable bonds is 1. The molecule has 0 bridgehead atoms. The number of halogens is 1. The largest absolute Gasteiger partial charge is 0.345 e. The van der Waals surface area contributed by atoms with Gasteiger partial charge in [-0.1, -0.05) is 0 Å². The molecule has 0 fully saturated rings. The van der Waals surface area contributed by atoms with E-state index in [-0.39, 0.29) is 18.2 Å². The van der Waals surface area contributed by atoms with Crippen LogP contribution in [0.1, 0.15) is 17.3 Å². The standard InChI is InChI=1S/C9H8N2O.ClH/c1-6(12)7-2-3-8-9(4-7)11-5-10-8;/h2-5H,1H3,(H,10,11);1H. The summed E-state index contributed by atoms with van der Waals surface area (Å²) in [5.41, 5.74) is 2.51. The maximum atomic E-state index is 11.0. The number of aromatic nitrogens is 2. The molecule has 1 aromatic carbocycles. The molecule has 68 valence electrons. The van der Waals surface area contributed by atoms with Gasteiger partial charge < -0.3 is 4.98 Å². The highest BCUT2D eigenvalue weighted by Crippen LogP contribution is 2.11. The second-order valence-electron chi connectivity index (χ2n) is 2.69. The highest BCUT2D eigenvalue weighted by molar-refractivity contribution is 5.97. The topological polar surface area (TPSA) is 45.8 Å². The number of H-pyrrole nitrogens is 1. The molecule has 0 unspecified atom stereocenters. The van der Waals surface area contributed by atoms with Gasteiger partial charge in [-0.05, 0) is 25.1 Å². The maximum absolute atomic E-state index is 11.0. The minimum absolute atomic E-state index is 0. The van der Waals surface area contributed by atoms with Gasteiger partial charge in [0, 0.05) is 5.56 Å². The molecule has 0 saturated carbocycles. The van der Waals surface area contributed by atoms with Crippen molar-refractivity contribution in [3.8, 4) is 0 Å². The van der Waals surface area contributed by atoms with Crippen LogP contribution in [0.15, 0.2) is 24.5 Å². The van der Waals surface area contributed by atoms with Gasteiger partial charge >= 0.3 is 0 Å². The summed E-state index contributed by atoms with van der Waals surface area (Å²) in [5, 5.41) is 0. The van der Waals surface area contributed by atoms with E-state index in [2.05, 4.69) is 9.97 Å². The number of hydrogen-bond acceptors (Lipinski definition) is 2. The summed E-state index contributed by atoms with van der Waals surface area (Å²) in [6, 6.07) is 5.43. The van der Waals surface area contributed by atoms with Crippen molar-refractivity contribution in [1.82, 2.24) is 9.97 Å². The van der Waals surface area contributed by atoms with Crippen LogP contribution in [0.4, 0.5) is 0 Å². The monoisotopic (exact) mass is 196 g/mol. The first-order chi connectivity index (χ1) is 5.77. The molecule has 0 aliphatic heterocycles. The van der Waals surface area contributed by atoms with Crippen LogP contribution < -0.4 is 0 Å². The van der Waals surface area contributed by atoms with Crippen LogP contribution >= 0.6 is 12.4 Å². The number of carbonyl (C=O) groups excluding carboxylic acids is 1. The molecule has 2 aromatic rings. The van der Waals surface area contributed by atoms with Crippen LogP contribution in [-0.2, 0) is 0 Å². The Morgan fingerprint density at radius 3 is 2.92 bits per heavy atom. The zero-order valence-corrected chi connectivity index (χ0v) is 7.89. The van der Waals surface area contributed by atoms with E-state index < -0.39 is 0 Å². The number of benzene rings is 1. The molecule has 1 N–H and O–H groups in total. The summed E-state index contributed by atoms with van der Waals surface area (Å²) in [6.45, 7) is 1.55. The quantitative estimate of drug-likeness (QED) is 0.711. The van der Waals surface area contributed by atoms with Gasteiger partial charge in [-0.3, -0.25) is 4.79 Å². The number of aromatic amines is 1. The molecule has 1 aromatic heterocycles. The Hall–Kier alpha value is -1.35. The average molecular weight is 197 g/mol. The zero-order valence-electron chi connectivity index (χ0n) is 7.07. The Labute approximate surface area is 81.6 Å². The van der Waals surface area contributed by atoms with Crippen molar-refractivity contribution in [2.45, 2.75) is 6.92 Å². The van der Waals surface area contributed by atoms with E-state index in [1.165, 1.54) is 0 Å². The molecule has 1 heterocycles. The zero-order chi connectivity index (χ0) is 8.55. The fourth-order valence-corrected chi connectivity index (χ4v) is 1.15. The first-order valence-electron chi connectivity index (χ1n) is 3.71. The SMILES string of the molecule is CC(=O)c1ccc2nc[nH]c2c1.Cl. The number of ketones is 1. The Morgan fingerprint density at radius 1 is 1.46 bits per heavy atom. The van der Waals surface area contributed by atoms with Crippen molar-refractivity contribution in [2.24, 2.45) is 0 Å². The molecule has 0 spiro atoms. The second-order valence-corrected chi connectivity index (χ2v) is 2.69. The molecule has 0 aliphatic carbocycles. The normalized spacial score (nSPS) is 9.62. The Bertz CT molecular complexity index is 436. The molecule has 0 atom stereocenters. The smallest absolute Gasteiger partial charge is 0.159 e. The Kier molecular flexibility index (Phi) is 2.68. The van der Waals surface area contributed by atoms with Crippen molar-refractivity contribution in [2.75, 3.05) is 0 Å². The van der Waals surface area contributed by atoms with Crippen LogP contribution in [0.3, 0.4) is 0 Å². The fraction of sp³-hybridized carbons (Fsp3) is 0.111. The lowest BCUT2D eigenvalue weighted by molar-refractivity contribution is 0.101. The van der Waals surface area contributed by atoms with Gasteiger partial charge in [-0.15, -0.1) is 12.4 Å². The molecule has 0 amide bonds. The third kappa shape index (κ3) is 1.70. The summed E-state index contributed by atoms with van der Waals surface area (Å²) >= 11 is 0. The average Bonchev–Trinajstić information content (AvgIpc) is 2.49. The third-order valence-corrected chi connectivity index (χ3v) is 1.83. The van der Waals surface area contributed by atoms with Gasteiger partial charge in [0.05, 0.1) is 17.4 Å². The van der Waals surface area contributed by atoms with E-state index in [9.17, 15) is 4.79 Å². The number of imidazole rings is 1. The van der Waals surface area contributed by atoms with E-state index in [1.54, 1.807) is 19.3 Å². The number of hydrogen-bond donors (Lipinski definition) is 1. The van der Waals surface area contributed by atoms with E-state index in [0.717, 1.165) is 11.0 Å². The van der Waals surface area contributed by atoms with Gasteiger partial charge in [-0.25, -0.2) is 4.98 Å². The predicted molar refractivity (Wildman–Crippen MR) is 53.3 cm³/mol. The Balaban J connectivity index is 0.000000845. The van der Waals surface area contributed by atoms with Crippen LogP contribution in [-0.4, -0.2) is 15.8 Å². The molecule has 0 saturated heterocycles. The van der Waals surface area contributed by atoms with Gasteiger partial charge in [-0.2, -0.15) is 0 Å².